The highest BCUT2D eigenvalue weighted by Crippen LogP contribution is 2.27. The van der Waals surface area contributed by atoms with Crippen molar-refractivity contribution in [2.24, 2.45) is 11.8 Å². The summed E-state index contributed by atoms with van der Waals surface area (Å²) in [6.45, 7) is 11.9. The molecule has 112 valence electrons. The highest BCUT2D eigenvalue weighted by molar-refractivity contribution is 5.49. The van der Waals surface area contributed by atoms with Gasteiger partial charge in [-0.25, -0.2) is 9.97 Å². The van der Waals surface area contributed by atoms with Crippen LogP contribution in [0.25, 0.3) is 0 Å². The summed E-state index contributed by atoms with van der Waals surface area (Å²) in [4.78, 5) is 11.5. The Kier molecular flexibility index (Phi) is 5.21. The Morgan fingerprint density at radius 3 is 2.80 bits per heavy atom. The van der Waals surface area contributed by atoms with E-state index in [0.29, 0.717) is 0 Å². The zero-order valence-corrected chi connectivity index (χ0v) is 13.3. The van der Waals surface area contributed by atoms with Crippen LogP contribution in [0.4, 0.5) is 11.6 Å². The van der Waals surface area contributed by atoms with Crippen molar-refractivity contribution in [3.63, 3.8) is 0 Å². The molecule has 1 saturated heterocycles. The van der Waals surface area contributed by atoms with E-state index in [4.69, 9.17) is 0 Å². The molecular formula is C16H28N4. The number of aryl methyl sites for hydroxylation is 1. The van der Waals surface area contributed by atoms with Crippen molar-refractivity contribution in [3.05, 3.63) is 11.9 Å². The van der Waals surface area contributed by atoms with Gasteiger partial charge in [-0.15, -0.1) is 0 Å². The fraction of sp³-hybridized carbons (Fsp3) is 0.750. The molecule has 1 N–H and O–H groups in total. The molecule has 20 heavy (non-hydrogen) atoms. The van der Waals surface area contributed by atoms with E-state index in [9.17, 15) is 0 Å². The summed E-state index contributed by atoms with van der Waals surface area (Å²) in [7, 11) is 0. The molecule has 1 aliphatic heterocycles. The molecule has 0 amide bonds. The van der Waals surface area contributed by atoms with Gasteiger partial charge in [-0.2, -0.15) is 0 Å². The summed E-state index contributed by atoms with van der Waals surface area (Å²) in [6, 6.07) is 2.09. The maximum atomic E-state index is 4.63. The third kappa shape index (κ3) is 3.84. The Bertz CT molecular complexity index is 430. The van der Waals surface area contributed by atoms with Gasteiger partial charge in [0.05, 0.1) is 0 Å². The number of hydrogen-bond donors (Lipinski definition) is 1. The third-order valence-corrected chi connectivity index (χ3v) is 4.22. The van der Waals surface area contributed by atoms with Gasteiger partial charge in [0.15, 0.2) is 0 Å². The zero-order chi connectivity index (χ0) is 14.5. The minimum Gasteiger partial charge on any atom is -0.370 e. The average molecular weight is 276 g/mol. The van der Waals surface area contributed by atoms with Crippen molar-refractivity contribution >= 4 is 11.6 Å². The van der Waals surface area contributed by atoms with E-state index in [1.807, 2.05) is 6.92 Å². The largest absolute Gasteiger partial charge is 0.370 e. The lowest BCUT2D eigenvalue weighted by atomic mass is 9.89. The number of aromatic nitrogens is 2. The molecule has 1 aromatic rings. The highest BCUT2D eigenvalue weighted by atomic mass is 15.2. The van der Waals surface area contributed by atoms with Gasteiger partial charge in [0.2, 0.25) is 0 Å². The first-order chi connectivity index (χ1) is 9.60. The van der Waals surface area contributed by atoms with Crippen molar-refractivity contribution in [2.75, 3.05) is 29.9 Å². The average Bonchev–Trinajstić information content (AvgIpc) is 2.64. The summed E-state index contributed by atoms with van der Waals surface area (Å²) in [5.41, 5.74) is 0. The van der Waals surface area contributed by atoms with Gasteiger partial charge in [0.1, 0.15) is 17.5 Å². The van der Waals surface area contributed by atoms with Gasteiger partial charge < -0.3 is 10.2 Å². The summed E-state index contributed by atoms with van der Waals surface area (Å²) >= 11 is 0. The van der Waals surface area contributed by atoms with E-state index < -0.39 is 0 Å². The van der Waals surface area contributed by atoms with E-state index in [0.717, 1.165) is 48.9 Å². The van der Waals surface area contributed by atoms with E-state index in [2.05, 4.69) is 47.0 Å². The molecule has 0 saturated carbocycles. The SMILES string of the molecule is CCNc1cc(N2CCCC(C(C)C)CC2)nc(C)n1. The van der Waals surface area contributed by atoms with Crippen LogP contribution in [0.1, 0.15) is 45.9 Å². The highest BCUT2D eigenvalue weighted by Gasteiger charge is 2.20. The van der Waals surface area contributed by atoms with Crippen LogP contribution < -0.4 is 10.2 Å². The molecule has 2 rings (SSSR count). The first kappa shape index (κ1) is 15.1. The molecule has 4 nitrogen and oxygen atoms in total. The summed E-state index contributed by atoms with van der Waals surface area (Å²) in [6.07, 6.45) is 3.89. The number of anilines is 2. The molecule has 0 aromatic carbocycles. The molecule has 0 spiro atoms. The quantitative estimate of drug-likeness (QED) is 0.914. The second-order valence-electron chi connectivity index (χ2n) is 6.11. The van der Waals surface area contributed by atoms with Crippen molar-refractivity contribution < 1.29 is 0 Å². The Labute approximate surface area is 123 Å². The lowest BCUT2D eigenvalue weighted by molar-refractivity contribution is 0.351. The Hall–Kier alpha value is -1.32. The smallest absolute Gasteiger partial charge is 0.134 e. The minimum atomic E-state index is 0.791. The van der Waals surface area contributed by atoms with Crippen LogP contribution in [0.5, 0.6) is 0 Å². The number of nitrogens with one attached hydrogen (secondary N) is 1. The minimum absolute atomic E-state index is 0.791. The normalized spacial score (nSPS) is 20.1. The van der Waals surface area contributed by atoms with Crippen LogP contribution in [0.3, 0.4) is 0 Å². The standard InChI is InChI=1S/C16H28N4/c1-5-17-15-11-16(19-13(4)18-15)20-9-6-7-14(8-10-20)12(2)3/h11-12,14H,5-10H2,1-4H3,(H,17,18,19). The topological polar surface area (TPSA) is 41.0 Å². The lowest BCUT2D eigenvalue weighted by Gasteiger charge is -2.23. The Balaban J connectivity index is 2.11. The maximum Gasteiger partial charge on any atom is 0.134 e. The van der Waals surface area contributed by atoms with Crippen molar-refractivity contribution in [2.45, 2.75) is 47.0 Å². The number of hydrogen-bond acceptors (Lipinski definition) is 4. The van der Waals surface area contributed by atoms with E-state index >= 15 is 0 Å². The second kappa shape index (κ2) is 6.91. The third-order valence-electron chi connectivity index (χ3n) is 4.22. The predicted molar refractivity (Wildman–Crippen MR) is 85.3 cm³/mol. The van der Waals surface area contributed by atoms with Gasteiger partial charge in [0, 0.05) is 25.7 Å². The first-order valence-electron chi connectivity index (χ1n) is 7.94. The second-order valence-corrected chi connectivity index (χ2v) is 6.11. The van der Waals surface area contributed by atoms with Crippen LogP contribution in [-0.4, -0.2) is 29.6 Å². The number of rotatable bonds is 4. The Morgan fingerprint density at radius 2 is 2.10 bits per heavy atom. The van der Waals surface area contributed by atoms with Crippen LogP contribution >= 0.6 is 0 Å². The predicted octanol–water partition coefficient (Wildman–Crippen LogP) is 3.48. The molecule has 0 bridgehead atoms. The van der Waals surface area contributed by atoms with Gasteiger partial charge >= 0.3 is 0 Å². The summed E-state index contributed by atoms with van der Waals surface area (Å²) in [5, 5.41) is 3.29. The van der Waals surface area contributed by atoms with Crippen LogP contribution in [0.2, 0.25) is 0 Å². The van der Waals surface area contributed by atoms with E-state index in [-0.39, 0.29) is 0 Å². The number of nitrogens with zero attached hydrogens (tertiary/aromatic N) is 3. The monoisotopic (exact) mass is 276 g/mol. The van der Waals surface area contributed by atoms with Gasteiger partial charge in [-0.05, 0) is 44.9 Å². The van der Waals surface area contributed by atoms with Crippen molar-refractivity contribution in [1.82, 2.24) is 9.97 Å². The van der Waals surface area contributed by atoms with Crippen molar-refractivity contribution in [1.29, 1.82) is 0 Å². The van der Waals surface area contributed by atoms with Crippen molar-refractivity contribution in [3.8, 4) is 0 Å². The Morgan fingerprint density at radius 1 is 1.30 bits per heavy atom. The molecule has 0 radical (unpaired) electrons. The lowest BCUT2D eigenvalue weighted by Crippen LogP contribution is -2.26. The van der Waals surface area contributed by atoms with Gasteiger partial charge in [-0.3, -0.25) is 0 Å². The first-order valence-corrected chi connectivity index (χ1v) is 7.94. The summed E-state index contributed by atoms with van der Waals surface area (Å²) < 4.78 is 0. The van der Waals surface area contributed by atoms with Gasteiger partial charge in [0.25, 0.3) is 0 Å². The molecule has 1 aliphatic rings. The molecular weight excluding hydrogens is 248 g/mol. The molecule has 0 aliphatic carbocycles. The molecule has 1 aromatic heterocycles. The molecule has 4 heteroatoms. The maximum absolute atomic E-state index is 4.63. The molecule has 1 fully saturated rings. The molecule has 1 unspecified atom stereocenters. The van der Waals surface area contributed by atoms with Crippen LogP contribution in [0, 0.1) is 18.8 Å². The summed E-state index contributed by atoms with van der Waals surface area (Å²) in [5.74, 6) is 4.52. The van der Waals surface area contributed by atoms with Gasteiger partial charge in [-0.1, -0.05) is 13.8 Å². The molecule has 2 heterocycles. The van der Waals surface area contributed by atoms with E-state index in [1.54, 1.807) is 0 Å². The fourth-order valence-electron chi connectivity index (χ4n) is 3.00. The van der Waals surface area contributed by atoms with Crippen LogP contribution in [0.15, 0.2) is 6.07 Å². The zero-order valence-electron chi connectivity index (χ0n) is 13.3. The van der Waals surface area contributed by atoms with Crippen LogP contribution in [-0.2, 0) is 0 Å². The molecule has 1 atom stereocenters. The fourth-order valence-corrected chi connectivity index (χ4v) is 3.00. The van der Waals surface area contributed by atoms with E-state index in [1.165, 1.54) is 19.3 Å².